The Hall–Kier alpha value is -2.39. The highest BCUT2D eigenvalue weighted by atomic mass is 32.2. The molecule has 2 aliphatic rings. The number of amides is 1. The van der Waals surface area contributed by atoms with E-state index in [1.165, 1.54) is 10.6 Å². The SMILES string of the molecule is Cc1ccc(S(=O)(=O)N2CCCC2C(=O)NCc2cc(C3CCC(C(C)(C)F)CC3)ncn2)cc1. The quantitative estimate of drug-likeness (QED) is 0.610. The summed E-state index contributed by atoms with van der Waals surface area (Å²) < 4.78 is 41.9. The molecule has 1 amide bonds. The number of hydrogen-bond donors (Lipinski definition) is 1. The first kappa shape index (κ1) is 25.7. The Bertz CT molecular complexity index is 1140. The van der Waals surface area contributed by atoms with Gasteiger partial charge in [0, 0.05) is 18.2 Å². The summed E-state index contributed by atoms with van der Waals surface area (Å²) in [6.07, 6.45) is 6.06. The second kappa shape index (κ2) is 10.3. The molecule has 7 nitrogen and oxygen atoms in total. The fraction of sp³-hybridized carbons (Fsp3) is 0.577. The summed E-state index contributed by atoms with van der Waals surface area (Å²) in [6.45, 7) is 5.74. The molecule has 1 saturated heterocycles. The van der Waals surface area contributed by atoms with Crippen LogP contribution in [-0.4, -0.2) is 46.9 Å². The van der Waals surface area contributed by atoms with Gasteiger partial charge in [-0.15, -0.1) is 0 Å². The monoisotopic (exact) mass is 502 g/mol. The molecule has 190 valence electrons. The number of halogens is 1. The predicted molar refractivity (Wildman–Crippen MR) is 132 cm³/mol. The van der Waals surface area contributed by atoms with Gasteiger partial charge in [0.25, 0.3) is 0 Å². The number of nitrogens with one attached hydrogen (secondary N) is 1. The maximum Gasteiger partial charge on any atom is 0.243 e. The lowest BCUT2D eigenvalue weighted by atomic mass is 9.74. The molecule has 0 bridgehead atoms. The van der Waals surface area contributed by atoms with E-state index in [1.54, 1.807) is 38.1 Å². The van der Waals surface area contributed by atoms with Gasteiger partial charge in [0.15, 0.2) is 0 Å². The third kappa shape index (κ3) is 5.89. The van der Waals surface area contributed by atoms with E-state index in [9.17, 15) is 17.6 Å². The Morgan fingerprint density at radius 2 is 1.80 bits per heavy atom. The topological polar surface area (TPSA) is 92.3 Å². The van der Waals surface area contributed by atoms with Crippen LogP contribution in [-0.2, 0) is 21.4 Å². The van der Waals surface area contributed by atoms with E-state index < -0.39 is 21.7 Å². The van der Waals surface area contributed by atoms with Crippen LogP contribution in [0.15, 0.2) is 41.6 Å². The molecule has 0 radical (unpaired) electrons. The van der Waals surface area contributed by atoms with E-state index >= 15 is 0 Å². The van der Waals surface area contributed by atoms with Gasteiger partial charge in [0.1, 0.15) is 18.0 Å². The molecular weight excluding hydrogens is 467 g/mol. The molecule has 1 N–H and O–H groups in total. The average Bonchev–Trinajstić information content (AvgIpc) is 3.34. The van der Waals surface area contributed by atoms with E-state index in [4.69, 9.17) is 0 Å². The molecule has 4 rings (SSSR count). The van der Waals surface area contributed by atoms with E-state index in [0.29, 0.717) is 25.1 Å². The van der Waals surface area contributed by atoms with E-state index in [-0.39, 0.29) is 29.2 Å². The Kier molecular flexibility index (Phi) is 7.57. The van der Waals surface area contributed by atoms with Crippen molar-refractivity contribution in [3.63, 3.8) is 0 Å². The molecule has 1 aromatic heterocycles. The van der Waals surface area contributed by atoms with Gasteiger partial charge in [-0.25, -0.2) is 22.8 Å². The second-order valence-corrected chi connectivity index (χ2v) is 12.2. The largest absolute Gasteiger partial charge is 0.349 e. The third-order valence-corrected chi connectivity index (χ3v) is 9.36. The fourth-order valence-corrected chi connectivity index (χ4v) is 6.90. The van der Waals surface area contributed by atoms with Gasteiger partial charge in [-0.3, -0.25) is 4.79 Å². The van der Waals surface area contributed by atoms with Crippen LogP contribution in [0.2, 0.25) is 0 Å². The van der Waals surface area contributed by atoms with E-state index in [2.05, 4.69) is 15.3 Å². The number of hydrogen-bond acceptors (Lipinski definition) is 5. The summed E-state index contributed by atoms with van der Waals surface area (Å²) in [6, 6.07) is 7.86. The Labute approximate surface area is 207 Å². The number of aryl methyl sites for hydroxylation is 1. The molecule has 9 heteroatoms. The normalized spacial score (nSPS) is 23.8. The van der Waals surface area contributed by atoms with Crippen LogP contribution < -0.4 is 5.32 Å². The van der Waals surface area contributed by atoms with Gasteiger partial charge in [-0.1, -0.05) is 17.7 Å². The van der Waals surface area contributed by atoms with Crippen LogP contribution in [0.25, 0.3) is 0 Å². The summed E-state index contributed by atoms with van der Waals surface area (Å²) in [4.78, 5) is 21.9. The number of alkyl halides is 1. The minimum Gasteiger partial charge on any atom is -0.349 e. The van der Waals surface area contributed by atoms with Gasteiger partial charge >= 0.3 is 0 Å². The summed E-state index contributed by atoms with van der Waals surface area (Å²) in [5, 5.41) is 2.88. The zero-order valence-electron chi connectivity index (χ0n) is 20.7. The van der Waals surface area contributed by atoms with Crippen LogP contribution in [0.3, 0.4) is 0 Å². The first-order valence-corrected chi connectivity index (χ1v) is 13.9. The van der Waals surface area contributed by atoms with Crippen molar-refractivity contribution in [1.82, 2.24) is 19.6 Å². The predicted octanol–water partition coefficient (Wildman–Crippen LogP) is 4.28. The van der Waals surface area contributed by atoms with Crippen molar-refractivity contribution in [3.05, 3.63) is 53.6 Å². The zero-order valence-corrected chi connectivity index (χ0v) is 21.5. The number of carbonyl (C=O) groups excluding carboxylic acids is 1. The second-order valence-electron chi connectivity index (χ2n) is 10.4. The molecule has 2 fully saturated rings. The molecule has 1 aliphatic carbocycles. The molecule has 35 heavy (non-hydrogen) atoms. The van der Waals surface area contributed by atoms with Crippen molar-refractivity contribution in [2.75, 3.05) is 6.54 Å². The molecule has 1 aliphatic heterocycles. The summed E-state index contributed by atoms with van der Waals surface area (Å²) in [5.74, 6) is 0.0185. The lowest BCUT2D eigenvalue weighted by Gasteiger charge is -2.34. The van der Waals surface area contributed by atoms with Crippen molar-refractivity contribution < 1.29 is 17.6 Å². The molecule has 2 aromatic rings. The molecule has 1 atom stereocenters. The highest BCUT2D eigenvalue weighted by molar-refractivity contribution is 7.89. The lowest BCUT2D eigenvalue weighted by molar-refractivity contribution is -0.124. The number of sulfonamides is 1. The lowest BCUT2D eigenvalue weighted by Crippen LogP contribution is -2.45. The molecular formula is C26H35FN4O3S. The van der Waals surface area contributed by atoms with Crippen molar-refractivity contribution >= 4 is 15.9 Å². The van der Waals surface area contributed by atoms with Crippen LogP contribution in [0.4, 0.5) is 4.39 Å². The smallest absolute Gasteiger partial charge is 0.243 e. The van der Waals surface area contributed by atoms with Crippen LogP contribution in [0.5, 0.6) is 0 Å². The average molecular weight is 503 g/mol. The Morgan fingerprint density at radius 1 is 1.11 bits per heavy atom. The Balaban J connectivity index is 1.37. The maximum atomic E-state index is 14.3. The van der Waals surface area contributed by atoms with Crippen LogP contribution >= 0.6 is 0 Å². The van der Waals surface area contributed by atoms with Gasteiger partial charge < -0.3 is 5.32 Å². The summed E-state index contributed by atoms with van der Waals surface area (Å²) in [7, 11) is -3.75. The highest BCUT2D eigenvalue weighted by Gasteiger charge is 2.39. The number of rotatable bonds is 7. The standard InChI is InChI=1S/C26H35FN4O3S/c1-18-6-12-22(13-7-18)35(33,34)31-14-4-5-24(31)25(32)28-16-21-15-23(30-17-29-21)19-8-10-20(11-9-19)26(2,3)27/h6-7,12-13,15,17,19-20,24H,4-5,8-11,14,16H2,1-3H3,(H,28,32). The molecule has 2 heterocycles. The first-order valence-electron chi connectivity index (χ1n) is 12.4. The molecule has 1 saturated carbocycles. The first-order chi connectivity index (χ1) is 16.6. The number of nitrogens with zero attached hydrogens (tertiary/aromatic N) is 3. The minimum atomic E-state index is -3.75. The number of benzene rings is 1. The highest BCUT2D eigenvalue weighted by Crippen LogP contribution is 2.40. The van der Waals surface area contributed by atoms with E-state index in [0.717, 1.165) is 36.9 Å². The Morgan fingerprint density at radius 3 is 2.46 bits per heavy atom. The maximum absolute atomic E-state index is 14.3. The molecule has 0 spiro atoms. The van der Waals surface area contributed by atoms with Gasteiger partial charge in [-0.2, -0.15) is 4.31 Å². The minimum absolute atomic E-state index is 0.0740. The van der Waals surface area contributed by atoms with E-state index in [1.807, 2.05) is 13.0 Å². The van der Waals surface area contributed by atoms with Gasteiger partial charge in [-0.05, 0) is 83.4 Å². The molecule has 1 unspecified atom stereocenters. The van der Waals surface area contributed by atoms with Crippen LogP contribution in [0, 0.1) is 12.8 Å². The van der Waals surface area contributed by atoms with Crippen LogP contribution in [0.1, 0.15) is 75.2 Å². The summed E-state index contributed by atoms with van der Waals surface area (Å²) in [5.41, 5.74) is 1.42. The van der Waals surface area contributed by atoms with Gasteiger partial charge in [0.05, 0.1) is 17.1 Å². The number of carbonyl (C=O) groups is 1. The molecule has 1 aromatic carbocycles. The van der Waals surface area contributed by atoms with Gasteiger partial charge in [0.2, 0.25) is 15.9 Å². The van der Waals surface area contributed by atoms with Crippen molar-refractivity contribution in [2.24, 2.45) is 5.92 Å². The van der Waals surface area contributed by atoms with Crippen molar-refractivity contribution in [3.8, 4) is 0 Å². The third-order valence-electron chi connectivity index (χ3n) is 7.44. The fourth-order valence-electron chi connectivity index (χ4n) is 5.24. The van der Waals surface area contributed by atoms with Crippen molar-refractivity contribution in [2.45, 2.75) is 88.4 Å². The zero-order chi connectivity index (χ0) is 25.2. The summed E-state index contributed by atoms with van der Waals surface area (Å²) >= 11 is 0. The number of aromatic nitrogens is 2. The van der Waals surface area contributed by atoms with Crippen molar-refractivity contribution in [1.29, 1.82) is 0 Å².